The lowest BCUT2D eigenvalue weighted by atomic mass is 10.0. The smallest absolute Gasteiger partial charge is 0.330 e. The van der Waals surface area contributed by atoms with Crippen LogP contribution in [0.1, 0.15) is 96.8 Å². The Hall–Kier alpha value is -1.35. The number of carbonyl (C=O) groups is 1. The number of nitrogens with zero attached hydrogens (tertiary/aromatic N) is 1. The largest absolute Gasteiger partial charge is 1.00 e. The van der Waals surface area contributed by atoms with Gasteiger partial charge in [-0.1, -0.05) is 76.9 Å². The summed E-state index contributed by atoms with van der Waals surface area (Å²) >= 11 is 0. The van der Waals surface area contributed by atoms with Gasteiger partial charge in [0.25, 0.3) is 0 Å². The fourth-order valence-corrected chi connectivity index (χ4v) is 3.56. The lowest BCUT2D eigenvalue weighted by Crippen LogP contribution is -3.00. The quantitative estimate of drug-likeness (QED) is 0.156. The molecule has 1 heterocycles. The molecule has 0 aromatic carbocycles. The summed E-state index contributed by atoms with van der Waals surface area (Å²) in [7, 11) is 0. The highest BCUT2D eigenvalue weighted by molar-refractivity contribution is 5.81. The monoisotopic (exact) mass is 423 g/mol. The molecule has 0 saturated carbocycles. The van der Waals surface area contributed by atoms with Gasteiger partial charge in [-0.25, -0.2) is 9.36 Å². The molecule has 1 unspecified atom stereocenters. The summed E-state index contributed by atoms with van der Waals surface area (Å²) in [6, 6.07) is 6.28. The average molecular weight is 424 g/mol. The molecule has 0 bridgehead atoms. The van der Waals surface area contributed by atoms with Gasteiger partial charge in [0, 0.05) is 24.6 Å². The maximum Gasteiger partial charge on any atom is 0.330 e. The van der Waals surface area contributed by atoms with Gasteiger partial charge in [0.1, 0.15) is 6.54 Å². The number of esters is 1. The van der Waals surface area contributed by atoms with Crippen molar-refractivity contribution < 1.29 is 26.5 Å². The molecule has 1 atom stereocenters. The molecule has 1 rings (SSSR count). The number of aromatic nitrogens is 1. The van der Waals surface area contributed by atoms with Gasteiger partial charge in [-0.2, -0.15) is 0 Å². The van der Waals surface area contributed by atoms with Gasteiger partial charge in [0.05, 0.1) is 6.10 Å². The van der Waals surface area contributed by atoms with Crippen molar-refractivity contribution in [1.82, 2.24) is 0 Å². The van der Waals surface area contributed by atoms with E-state index in [0.717, 1.165) is 19.4 Å². The van der Waals surface area contributed by atoms with Crippen molar-refractivity contribution in [3.63, 3.8) is 0 Å². The molecule has 0 radical (unpaired) electrons. The highest BCUT2D eigenvalue weighted by Gasteiger charge is 2.05. The minimum absolute atomic E-state index is 0. The van der Waals surface area contributed by atoms with E-state index in [1.165, 1.54) is 83.1 Å². The second-order valence-electron chi connectivity index (χ2n) is 7.95. The van der Waals surface area contributed by atoms with Crippen molar-refractivity contribution in [2.45, 2.75) is 109 Å². The number of aryl methyl sites for hydroxylation is 1. The Morgan fingerprint density at radius 1 is 0.828 bits per heavy atom. The van der Waals surface area contributed by atoms with Gasteiger partial charge >= 0.3 is 5.97 Å². The summed E-state index contributed by atoms with van der Waals surface area (Å²) in [6.07, 6.45) is 24.0. The second kappa shape index (κ2) is 19.9. The van der Waals surface area contributed by atoms with Gasteiger partial charge < -0.3 is 17.1 Å². The molecule has 0 fully saturated rings. The summed E-state index contributed by atoms with van der Waals surface area (Å²) in [5.74, 6) is -0.307. The van der Waals surface area contributed by atoms with Crippen LogP contribution < -0.4 is 17.0 Å². The first-order valence-electron chi connectivity index (χ1n) is 11.5. The molecular weight excluding hydrogens is 382 g/mol. The molecule has 0 aliphatic carbocycles. The van der Waals surface area contributed by atoms with E-state index in [2.05, 4.69) is 41.7 Å². The minimum atomic E-state index is -0.307. The van der Waals surface area contributed by atoms with E-state index in [1.807, 2.05) is 6.92 Å². The number of rotatable bonds is 18. The molecule has 0 spiro atoms. The van der Waals surface area contributed by atoms with Crippen LogP contribution >= 0.6 is 0 Å². The Morgan fingerprint density at radius 2 is 1.28 bits per heavy atom. The van der Waals surface area contributed by atoms with E-state index in [9.17, 15) is 4.79 Å². The van der Waals surface area contributed by atoms with Gasteiger partial charge in [-0.15, -0.1) is 0 Å². The first-order valence-corrected chi connectivity index (χ1v) is 11.5. The molecule has 4 heteroatoms. The lowest BCUT2D eigenvalue weighted by Gasteiger charge is -2.11. The van der Waals surface area contributed by atoms with Gasteiger partial charge in [-0.3, -0.25) is 0 Å². The highest BCUT2D eigenvalue weighted by Crippen LogP contribution is 2.14. The Balaban J connectivity index is 0.00000784. The van der Waals surface area contributed by atoms with Crippen LogP contribution in [-0.4, -0.2) is 12.1 Å². The molecule has 0 aliphatic heterocycles. The zero-order valence-corrected chi connectivity index (χ0v) is 19.3. The number of halogens is 1. The maximum atomic E-state index is 11.1. The Kier molecular flexibility index (Phi) is 19.0. The van der Waals surface area contributed by atoms with E-state index in [-0.39, 0.29) is 24.5 Å². The fraction of sp³-hybridized carbons (Fsp3) is 0.680. The van der Waals surface area contributed by atoms with Crippen LogP contribution in [0.15, 0.2) is 43.2 Å². The van der Waals surface area contributed by atoms with E-state index in [1.54, 1.807) is 0 Å². The van der Waals surface area contributed by atoms with Crippen LogP contribution in [0.25, 0.3) is 0 Å². The molecule has 0 amide bonds. The summed E-state index contributed by atoms with van der Waals surface area (Å²) in [6.45, 7) is 6.54. The first kappa shape index (κ1) is 27.6. The molecule has 1 aromatic heterocycles. The van der Waals surface area contributed by atoms with Crippen molar-refractivity contribution in [3.8, 4) is 0 Å². The Labute approximate surface area is 185 Å². The van der Waals surface area contributed by atoms with Crippen molar-refractivity contribution in [3.05, 3.63) is 43.2 Å². The van der Waals surface area contributed by atoms with Crippen molar-refractivity contribution in [1.29, 1.82) is 0 Å². The third-order valence-electron chi connectivity index (χ3n) is 5.29. The zero-order chi connectivity index (χ0) is 20.3. The van der Waals surface area contributed by atoms with E-state index < -0.39 is 0 Å². The lowest BCUT2D eigenvalue weighted by molar-refractivity contribution is -0.697. The number of unbranched alkanes of at least 4 members (excludes halogenated alkanes) is 12. The molecule has 0 saturated heterocycles. The molecule has 166 valence electrons. The Bertz CT molecular complexity index is 507. The number of ether oxygens (including phenoxy) is 1. The van der Waals surface area contributed by atoms with Gasteiger partial charge in [0.15, 0.2) is 12.4 Å². The summed E-state index contributed by atoms with van der Waals surface area (Å²) in [5.41, 5.74) is 0. The van der Waals surface area contributed by atoms with Crippen LogP contribution in [0.5, 0.6) is 0 Å². The predicted molar refractivity (Wildman–Crippen MR) is 117 cm³/mol. The molecule has 3 nitrogen and oxygen atoms in total. The highest BCUT2D eigenvalue weighted by atomic mass is 35.5. The molecule has 0 N–H and O–H groups in total. The number of hydrogen-bond donors (Lipinski definition) is 0. The zero-order valence-electron chi connectivity index (χ0n) is 18.5. The van der Waals surface area contributed by atoms with Gasteiger partial charge in [0.2, 0.25) is 0 Å². The normalized spacial score (nSPS) is 11.5. The van der Waals surface area contributed by atoms with Crippen LogP contribution in [0.4, 0.5) is 0 Å². The predicted octanol–water partition coefficient (Wildman–Crippen LogP) is 3.56. The third-order valence-corrected chi connectivity index (χ3v) is 5.29. The third kappa shape index (κ3) is 17.2. The van der Waals surface area contributed by atoms with Crippen LogP contribution in [0.3, 0.4) is 0 Å². The minimum Gasteiger partial charge on any atom is -1.00 e. The van der Waals surface area contributed by atoms with Crippen LogP contribution in [0.2, 0.25) is 0 Å². The maximum absolute atomic E-state index is 11.1. The first-order chi connectivity index (χ1) is 13.7. The number of hydrogen-bond acceptors (Lipinski definition) is 2. The standard InChI is InChI=1S/C25H42NO2.ClH/c1-3-25(27)28-24(2)20-16-13-11-9-7-5-4-6-8-10-12-14-17-21-26-22-18-15-19-23-26;/h3,15,18-19,22-24H,1,4-14,16-17,20-21H2,2H3;1H/q+1;/p-1. The summed E-state index contributed by atoms with van der Waals surface area (Å²) in [4.78, 5) is 11.1. The fourth-order valence-electron chi connectivity index (χ4n) is 3.56. The Morgan fingerprint density at radius 3 is 1.76 bits per heavy atom. The van der Waals surface area contributed by atoms with E-state index in [0.29, 0.717) is 0 Å². The van der Waals surface area contributed by atoms with Gasteiger partial charge in [-0.05, 0) is 26.2 Å². The van der Waals surface area contributed by atoms with E-state index in [4.69, 9.17) is 4.74 Å². The summed E-state index contributed by atoms with van der Waals surface area (Å²) < 4.78 is 7.45. The van der Waals surface area contributed by atoms with Crippen molar-refractivity contribution in [2.24, 2.45) is 0 Å². The molecular formula is C25H42ClNO2. The number of pyridine rings is 1. The number of carbonyl (C=O) groups excluding carboxylic acids is 1. The molecule has 29 heavy (non-hydrogen) atoms. The second-order valence-corrected chi connectivity index (χ2v) is 7.95. The van der Waals surface area contributed by atoms with Crippen LogP contribution in [-0.2, 0) is 16.1 Å². The van der Waals surface area contributed by atoms with Crippen LogP contribution in [0, 0.1) is 0 Å². The SMILES string of the molecule is C=CC(=O)OC(C)CCCCCCCCCCCCCCC[n+]1ccccc1.[Cl-]. The topological polar surface area (TPSA) is 30.2 Å². The molecule has 1 aromatic rings. The molecule has 0 aliphatic rings. The average Bonchev–Trinajstić information content (AvgIpc) is 2.71. The van der Waals surface area contributed by atoms with E-state index >= 15 is 0 Å². The van der Waals surface area contributed by atoms with Crippen molar-refractivity contribution in [2.75, 3.05) is 0 Å². The van der Waals surface area contributed by atoms with Crippen molar-refractivity contribution >= 4 is 5.97 Å². The summed E-state index contributed by atoms with van der Waals surface area (Å²) in [5, 5.41) is 0.